The van der Waals surface area contributed by atoms with Crippen molar-refractivity contribution in [2.45, 2.75) is 43.7 Å². The number of hydrogen-bond acceptors (Lipinski definition) is 12. The molecule has 3 aromatic rings. The average molecular weight is 530 g/mol. The summed E-state index contributed by atoms with van der Waals surface area (Å²) in [6.07, 6.45) is 5.38. The minimum Gasteiger partial charge on any atom is -0.458 e. The number of nitrogens with zero attached hydrogens (tertiary/aromatic N) is 3. The standard InChI is InChI=1S/C24H27N5O7S/c1-13-24(7-8-24)20-14(22(30)34-13)5-6-18(29-20)28-19-9-15-16(10-26-19)21(35-36-37(4,31)32)27-11-17(15)23(2,25)12-33-3/h5-6,9-11,13H,7-8,12,25H2,1-4H3,(H,26,28,29)/t13-,23-/m1/s1. The number of fused-ring (bicyclic) bond motifs is 3. The lowest BCUT2D eigenvalue weighted by atomic mass is 9.89. The van der Waals surface area contributed by atoms with E-state index in [2.05, 4.69) is 19.6 Å². The minimum absolute atomic E-state index is 0.0912. The summed E-state index contributed by atoms with van der Waals surface area (Å²) in [4.78, 5) is 30.8. The van der Waals surface area contributed by atoms with Crippen LogP contribution in [0.3, 0.4) is 0 Å². The first-order chi connectivity index (χ1) is 17.4. The molecule has 4 heterocycles. The number of nitrogens with one attached hydrogen (secondary N) is 1. The van der Waals surface area contributed by atoms with E-state index in [9.17, 15) is 13.2 Å². The highest BCUT2D eigenvalue weighted by Crippen LogP contribution is 2.54. The Morgan fingerprint density at radius 2 is 1.97 bits per heavy atom. The molecule has 2 aliphatic rings. The van der Waals surface area contributed by atoms with Gasteiger partial charge in [0, 0.05) is 25.1 Å². The molecule has 1 saturated carbocycles. The molecular weight excluding hydrogens is 502 g/mol. The molecule has 12 nitrogen and oxygen atoms in total. The Morgan fingerprint density at radius 3 is 2.65 bits per heavy atom. The molecule has 0 aromatic carbocycles. The highest BCUT2D eigenvalue weighted by Gasteiger charge is 2.56. The summed E-state index contributed by atoms with van der Waals surface area (Å²) in [5.41, 5.74) is 7.17. The molecule has 1 spiro atoms. The molecule has 1 aliphatic heterocycles. The van der Waals surface area contributed by atoms with E-state index in [4.69, 9.17) is 25.1 Å². The molecule has 0 saturated heterocycles. The van der Waals surface area contributed by atoms with E-state index >= 15 is 0 Å². The number of esters is 1. The number of carbonyl (C=O) groups is 1. The minimum atomic E-state index is -3.89. The van der Waals surface area contributed by atoms with Crippen molar-refractivity contribution in [3.8, 4) is 5.88 Å². The average Bonchev–Trinajstić information content (AvgIpc) is 3.62. The molecule has 0 unspecified atom stereocenters. The van der Waals surface area contributed by atoms with Crippen LogP contribution in [0.4, 0.5) is 11.6 Å². The van der Waals surface area contributed by atoms with Crippen LogP contribution < -0.4 is 15.9 Å². The predicted octanol–water partition coefficient (Wildman–Crippen LogP) is 2.45. The number of hydrogen-bond donors (Lipinski definition) is 2. The normalized spacial score (nSPS) is 19.7. The number of ether oxygens (including phenoxy) is 2. The van der Waals surface area contributed by atoms with Crippen molar-refractivity contribution in [3.63, 3.8) is 0 Å². The van der Waals surface area contributed by atoms with Gasteiger partial charge in [-0.1, -0.05) is 4.33 Å². The molecule has 1 aliphatic carbocycles. The molecule has 0 amide bonds. The lowest BCUT2D eigenvalue weighted by Gasteiger charge is -2.30. The van der Waals surface area contributed by atoms with Crippen LogP contribution in [0.25, 0.3) is 10.8 Å². The Balaban J connectivity index is 1.55. The van der Waals surface area contributed by atoms with Crippen LogP contribution in [-0.4, -0.2) is 55.4 Å². The molecule has 37 heavy (non-hydrogen) atoms. The number of nitrogens with two attached hydrogens (primary N) is 1. The fourth-order valence-electron chi connectivity index (χ4n) is 4.68. The first-order valence-electron chi connectivity index (χ1n) is 11.6. The van der Waals surface area contributed by atoms with E-state index in [1.807, 2.05) is 6.92 Å². The Morgan fingerprint density at radius 1 is 1.22 bits per heavy atom. The van der Waals surface area contributed by atoms with Gasteiger partial charge in [0.1, 0.15) is 17.7 Å². The van der Waals surface area contributed by atoms with E-state index in [1.165, 1.54) is 19.5 Å². The molecule has 3 N–H and O–H groups in total. The van der Waals surface area contributed by atoms with Crippen LogP contribution in [0.1, 0.15) is 48.3 Å². The number of cyclic esters (lactones) is 1. The monoisotopic (exact) mass is 529 g/mol. The maximum atomic E-state index is 12.4. The smallest absolute Gasteiger partial charge is 0.340 e. The zero-order valence-electron chi connectivity index (χ0n) is 20.8. The molecule has 13 heteroatoms. The van der Waals surface area contributed by atoms with Crippen LogP contribution in [0.15, 0.2) is 30.6 Å². The Bertz CT molecular complexity index is 1500. The van der Waals surface area contributed by atoms with Gasteiger partial charge in [-0.3, -0.25) is 4.89 Å². The second-order valence-electron chi connectivity index (χ2n) is 9.72. The third kappa shape index (κ3) is 4.70. The zero-order valence-corrected chi connectivity index (χ0v) is 21.6. The van der Waals surface area contributed by atoms with E-state index < -0.39 is 15.7 Å². The van der Waals surface area contributed by atoms with Gasteiger partial charge < -0.3 is 20.5 Å². The van der Waals surface area contributed by atoms with E-state index in [-0.39, 0.29) is 30.0 Å². The molecule has 3 aromatic heterocycles. The molecule has 5 rings (SSSR count). The Kier molecular flexibility index (Phi) is 6.06. The van der Waals surface area contributed by atoms with Crippen molar-refractivity contribution in [3.05, 3.63) is 47.4 Å². The summed E-state index contributed by atoms with van der Waals surface area (Å²) in [5, 5.41) is 4.17. The van der Waals surface area contributed by atoms with Gasteiger partial charge in [-0.05, 0) is 50.3 Å². The topological polar surface area (TPSA) is 165 Å². The number of pyridine rings is 3. The summed E-state index contributed by atoms with van der Waals surface area (Å²) in [6.45, 7) is 3.87. The SMILES string of the molecule is COC[C@@](C)(N)c1cnc(OOS(C)(=O)=O)c2cnc(Nc3ccc4c(n3)C3(CC3)[C@@H](C)OC4=O)cc12. The maximum absolute atomic E-state index is 12.4. The summed E-state index contributed by atoms with van der Waals surface area (Å²) >= 11 is 0. The van der Waals surface area contributed by atoms with Crippen molar-refractivity contribution in [2.24, 2.45) is 5.73 Å². The van der Waals surface area contributed by atoms with Gasteiger partial charge in [0.2, 0.25) is 0 Å². The summed E-state index contributed by atoms with van der Waals surface area (Å²) in [7, 11) is -2.35. The highest BCUT2D eigenvalue weighted by atomic mass is 32.2. The molecule has 1 fully saturated rings. The summed E-state index contributed by atoms with van der Waals surface area (Å²) < 4.78 is 38.1. The third-order valence-corrected chi connectivity index (χ3v) is 7.04. The molecule has 196 valence electrons. The Labute approximate surface area is 213 Å². The van der Waals surface area contributed by atoms with Gasteiger partial charge in [0.05, 0.1) is 40.5 Å². The van der Waals surface area contributed by atoms with Crippen LogP contribution in [0.5, 0.6) is 5.88 Å². The Hall–Kier alpha value is -3.39. The highest BCUT2D eigenvalue weighted by molar-refractivity contribution is 7.85. The summed E-state index contributed by atoms with van der Waals surface area (Å²) in [5.74, 6) is 0.487. The lowest BCUT2D eigenvalue weighted by Crippen LogP contribution is -2.38. The van der Waals surface area contributed by atoms with Crippen molar-refractivity contribution < 1.29 is 31.9 Å². The molecule has 0 bridgehead atoms. The third-order valence-electron chi connectivity index (χ3n) is 6.73. The molecule has 0 radical (unpaired) electrons. The van der Waals surface area contributed by atoms with E-state index in [1.54, 1.807) is 25.1 Å². The van der Waals surface area contributed by atoms with Gasteiger partial charge in [-0.15, -0.1) is 0 Å². The second-order valence-corrected chi connectivity index (χ2v) is 11.3. The number of rotatable bonds is 8. The molecular formula is C24H27N5O7S. The van der Waals surface area contributed by atoms with Gasteiger partial charge in [0.15, 0.2) is 0 Å². The zero-order chi connectivity index (χ0) is 26.6. The quantitative estimate of drug-likeness (QED) is 0.249. The van der Waals surface area contributed by atoms with E-state index in [0.717, 1.165) is 24.8 Å². The van der Waals surface area contributed by atoms with Gasteiger partial charge in [-0.25, -0.2) is 19.7 Å². The maximum Gasteiger partial charge on any atom is 0.340 e. The number of anilines is 2. The van der Waals surface area contributed by atoms with Gasteiger partial charge in [-0.2, -0.15) is 8.42 Å². The van der Waals surface area contributed by atoms with Crippen molar-refractivity contribution >= 4 is 38.5 Å². The predicted molar refractivity (Wildman–Crippen MR) is 133 cm³/mol. The van der Waals surface area contributed by atoms with Crippen LogP contribution in [0, 0.1) is 0 Å². The van der Waals surface area contributed by atoms with Crippen molar-refractivity contribution in [1.29, 1.82) is 0 Å². The fourth-order valence-corrected chi connectivity index (χ4v) is 4.87. The van der Waals surface area contributed by atoms with Gasteiger partial charge >= 0.3 is 5.97 Å². The number of carbonyl (C=O) groups excluding carboxylic acids is 1. The van der Waals surface area contributed by atoms with Crippen LogP contribution in [-0.2, 0) is 34.9 Å². The van der Waals surface area contributed by atoms with Crippen molar-refractivity contribution in [1.82, 2.24) is 15.0 Å². The second kappa shape index (κ2) is 8.87. The first-order valence-corrected chi connectivity index (χ1v) is 13.4. The number of methoxy groups -OCH3 is 1. The lowest BCUT2D eigenvalue weighted by molar-refractivity contribution is -0.0944. The summed E-state index contributed by atoms with van der Waals surface area (Å²) in [6, 6.07) is 5.13. The fraction of sp³-hybridized carbons (Fsp3) is 0.417. The van der Waals surface area contributed by atoms with Crippen LogP contribution >= 0.6 is 0 Å². The van der Waals surface area contributed by atoms with Crippen LogP contribution in [0.2, 0.25) is 0 Å². The van der Waals surface area contributed by atoms with Gasteiger partial charge in [0.25, 0.3) is 16.0 Å². The number of aromatic nitrogens is 3. The van der Waals surface area contributed by atoms with Crippen molar-refractivity contribution in [2.75, 3.05) is 25.3 Å². The largest absolute Gasteiger partial charge is 0.458 e. The first kappa shape index (κ1) is 25.3. The molecule has 2 atom stereocenters. The van der Waals surface area contributed by atoms with E-state index in [0.29, 0.717) is 33.5 Å².